The monoisotopic (exact) mass is 219 g/mol. The molecule has 0 amide bonds. The lowest BCUT2D eigenvalue weighted by atomic mass is 9.91. The van der Waals surface area contributed by atoms with Crippen LogP contribution in [-0.2, 0) is 6.54 Å². The molecular formula is C11H18BN3O. The number of rotatable bonds is 3. The Morgan fingerprint density at radius 1 is 1.31 bits per heavy atom. The predicted molar refractivity (Wildman–Crippen MR) is 66.0 cm³/mol. The number of nitrogens with zero attached hydrogens (tertiary/aromatic N) is 3. The van der Waals surface area contributed by atoms with E-state index in [2.05, 4.69) is 21.8 Å². The van der Waals surface area contributed by atoms with Gasteiger partial charge in [0.2, 0.25) is 0 Å². The molecule has 1 N–H and O–H groups in total. The highest BCUT2D eigenvalue weighted by molar-refractivity contribution is 6.45. The van der Waals surface area contributed by atoms with Crippen molar-refractivity contribution in [3.8, 4) is 0 Å². The molecule has 1 saturated heterocycles. The summed E-state index contributed by atoms with van der Waals surface area (Å²) in [6.07, 6.45) is 1.76. The molecule has 1 aliphatic rings. The Balaban J connectivity index is 1.88. The third-order valence-corrected chi connectivity index (χ3v) is 3.05. The predicted octanol–water partition coefficient (Wildman–Crippen LogP) is -1.20. The first-order chi connectivity index (χ1) is 7.78. The van der Waals surface area contributed by atoms with Crippen LogP contribution in [0.4, 0.5) is 0 Å². The van der Waals surface area contributed by atoms with Crippen molar-refractivity contribution < 1.29 is 5.02 Å². The molecule has 5 heteroatoms. The number of piperazine rings is 1. The van der Waals surface area contributed by atoms with Gasteiger partial charge in [-0.3, -0.25) is 9.88 Å². The largest absolute Gasteiger partial charge is 0.449 e. The third kappa shape index (κ3) is 3.04. The maximum Gasteiger partial charge on any atom is 0.306 e. The second-order valence-corrected chi connectivity index (χ2v) is 4.40. The van der Waals surface area contributed by atoms with Gasteiger partial charge < -0.3 is 9.92 Å². The minimum absolute atomic E-state index is 0.0712. The van der Waals surface area contributed by atoms with Crippen molar-refractivity contribution in [2.45, 2.75) is 6.54 Å². The molecule has 2 rings (SSSR count). The molecule has 0 radical (unpaired) electrons. The van der Waals surface area contributed by atoms with Crippen LogP contribution in [0.2, 0.25) is 0 Å². The molecule has 1 fully saturated rings. The zero-order valence-corrected chi connectivity index (χ0v) is 9.76. The number of hydrogen-bond donors (Lipinski definition) is 1. The summed E-state index contributed by atoms with van der Waals surface area (Å²) in [5, 5.41) is 8.92. The maximum absolute atomic E-state index is 8.92. The molecule has 0 aromatic carbocycles. The van der Waals surface area contributed by atoms with Gasteiger partial charge in [0.15, 0.2) is 0 Å². The summed E-state index contributed by atoms with van der Waals surface area (Å²) in [5.74, 6) is 0. The maximum atomic E-state index is 8.92. The Hall–Kier alpha value is -0.905. The van der Waals surface area contributed by atoms with Crippen molar-refractivity contribution >= 4 is 12.9 Å². The normalized spacial score (nSPS) is 18.6. The lowest BCUT2D eigenvalue weighted by Crippen LogP contribution is -2.44. The smallest absolute Gasteiger partial charge is 0.306 e. The van der Waals surface area contributed by atoms with Gasteiger partial charge in [0.05, 0.1) is 5.69 Å². The second-order valence-electron chi connectivity index (χ2n) is 4.40. The number of likely N-dealkylation sites (N-methyl/N-ethyl adjacent to an activating group) is 1. The van der Waals surface area contributed by atoms with E-state index < -0.39 is 0 Å². The van der Waals surface area contributed by atoms with Crippen LogP contribution in [0.5, 0.6) is 0 Å². The van der Waals surface area contributed by atoms with E-state index in [0.717, 1.165) is 43.9 Å². The molecule has 1 aromatic rings. The highest BCUT2D eigenvalue weighted by atomic mass is 16.2. The van der Waals surface area contributed by atoms with Crippen molar-refractivity contribution in [1.29, 1.82) is 0 Å². The van der Waals surface area contributed by atoms with Crippen LogP contribution in [0.25, 0.3) is 0 Å². The van der Waals surface area contributed by atoms with E-state index >= 15 is 0 Å². The fraction of sp³-hybridized carbons (Fsp3) is 0.545. The topological polar surface area (TPSA) is 39.6 Å². The minimum Gasteiger partial charge on any atom is -0.449 e. The average Bonchev–Trinajstić information content (AvgIpc) is 2.33. The molecule has 0 aliphatic carbocycles. The van der Waals surface area contributed by atoms with Crippen LogP contribution < -0.4 is 5.46 Å². The Kier molecular flexibility index (Phi) is 3.93. The molecule has 0 bridgehead atoms. The summed E-state index contributed by atoms with van der Waals surface area (Å²) in [6, 6.07) is 3.95. The van der Waals surface area contributed by atoms with Crippen LogP contribution in [0.3, 0.4) is 0 Å². The minimum atomic E-state index is 0.0712. The first kappa shape index (κ1) is 11.6. The van der Waals surface area contributed by atoms with Gasteiger partial charge in [-0.25, -0.2) is 0 Å². The third-order valence-electron chi connectivity index (χ3n) is 3.05. The van der Waals surface area contributed by atoms with E-state index in [9.17, 15) is 0 Å². The highest BCUT2D eigenvalue weighted by Gasteiger charge is 2.13. The number of hydrogen-bond acceptors (Lipinski definition) is 4. The van der Waals surface area contributed by atoms with Gasteiger partial charge in [0, 0.05) is 38.9 Å². The summed E-state index contributed by atoms with van der Waals surface area (Å²) >= 11 is 0. The van der Waals surface area contributed by atoms with E-state index in [0.29, 0.717) is 0 Å². The number of aromatic nitrogens is 1. The van der Waals surface area contributed by atoms with E-state index in [-0.39, 0.29) is 7.48 Å². The van der Waals surface area contributed by atoms with Crippen molar-refractivity contribution in [2.24, 2.45) is 0 Å². The zero-order valence-electron chi connectivity index (χ0n) is 9.76. The molecule has 16 heavy (non-hydrogen) atoms. The van der Waals surface area contributed by atoms with Gasteiger partial charge in [-0.05, 0) is 18.6 Å². The van der Waals surface area contributed by atoms with Crippen LogP contribution in [0.15, 0.2) is 18.3 Å². The molecule has 4 nitrogen and oxygen atoms in total. The Morgan fingerprint density at radius 2 is 2.06 bits per heavy atom. The first-order valence-electron chi connectivity index (χ1n) is 5.73. The van der Waals surface area contributed by atoms with Crippen LogP contribution >= 0.6 is 0 Å². The quantitative estimate of drug-likeness (QED) is 0.648. The zero-order chi connectivity index (χ0) is 11.4. The SMILES string of the molecule is CN1CCN(Cc2ccc(BO)cn2)CC1. The summed E-state index contributed by atoms with van der Waals surface area (Å²) in [5.41, 5.74) is 1.96. The lowest BCUT2D eigenvalue weighted by Gasteiger charge is -2.32. The van der Waals surface area contributed by atoms with Gasteiger partial charge in [-0.15, -0.1) is 0 Å². The van der Waals surface area contributed by atoms with Gasteiger partial charge in [0.25, 0.3) is 0 Å². The van der Waals surface area contributed by atoms with E-state index in [1.54, 1.807) is 6.20 Å². The molecule has 1 aliphatic heterocycles. The molecule has 86 valence electrons. The standard InChI is InChI=1S/C11H18BN3O/c1-14-4-6-15(7-5-14)9-11-3-2-10(12-16)8-13-11/h2-3,8,12,16H,4-7,9H2,1H3. The molecule has 1 aromatic heterocycles. The Bertz CT molecular complexity index is 323. The molecule has 0 unspecified atom stereocenters. The molecule has 2 heterocycles. The van der Waals surface area contributed by atoms with E-state index in [1.807, 2.05) is 12.1 Å². The summed E-state index contributed by atoms with van der Waals surface area (Å²) in [4.78, 5) is 9.11. The van der Waals surface area contributed by atoms with Crippen molar-refractivity contribution in [3.05, 3.63) is 24.0 Å². The molecule has 0 spiro atoms. The van der Waals surface area contributed by atoms with Gasteiger partial charge in [-0.2, -0.15) is 0 Å². The first-order valence-corrected chi connectivity index (χ1v) is 5.73. The molecule has 0 saturated carbocycles. The van der Waals surface area contributed by atoms with Gasteiger partial charge in [-0.1, -0.05) is 6.07 Å². The fourth-order valence-electron chi connectivity index (χ4n) is 1.88. The van der Waals surface area contributed by atoms with Crippen LogP contribution in [-0.4, -0.2) is 60.5 Å². The second kappa shape index (κ2) is 5.43. The van der Waals surface area contributed by atoms with Crippen LogP contribution in [0.1, 0.15) is 5.69 Å². The summed E-state index contributed by atoms with van der Waals surface area (Å²) in [6.45, 7) is 5.41. The van der Waals surface area contributed by atoms with Crippen molar-refractivity contribution in [3.63, 3.8) is 0 Å². The summed E-state index contributed by atoms with van der Waals surface area (Å²) in [7, 11) is 2.23. The van der Waals surface area contributed by atoms with E-state index in [1.165, 1.54) is 0 Å². The lowest BCUT2D eigenvalue weighted by molar-refractivity contribution is 0.147. The Morgan fingerprint density at radius 3 is 2.62 bits per heavy atom. The van der Waals surface area contributed by atoms with Gasteiger partial charge in [0.1, 0.15) is 0 Å². The highest BCUT2D eigenvalue weighted by Crippen LogP contribution is 2.04. The van der Waals surface area contributed by atoms with Gasteiger partial charge >= 0.3 is 7.48 Å². The molecular weight excluding hydrogens is 201 g/mol. The molecule has 0 atom stereocenters. The summed E-state index contributed by atoms with van der Waals surface area (Å²) < 4.78 is 0. The van der Waals surface area contributed by atoms with Crippen molar-refractivity contribution in [2.75, 3.05) is 33.2 Å². The average molecular weight is 219 g/mol. The Labute approximate surface area is 97.2 Å². The fourth-order valence-corrected chi connectivity index (χ4v) is 1.88. The van der Waals surface area contributed by atoms with Crippen molar-refractivity contribution in [1.82, 2.24) is 14.8 Å². The number of pyridine rings is 1. The van der Waals surface area contributed by atoms with E-state index in [4.69, 9.17) is 5.02 Å². The van der Waals surface area contributed by atoms with Crippen LogP contribution in [0, 0.1) is 0 Å².